The molecule has 0 spiro atoms. The van der Waals surface area contributed by atoms with Crippen LogP contribution in [0.15, 0.2) is 6.20 Å². The molecule has 1 aromatic heterocycles. The third-order valence-electron chi connectivity index (χ3n) is 2.99. The van der Waals surface area contributed by atoms with Crippen LogP contribution in [0.25, 0.3) is 0 Å². The quantitative estimate of drug-likeness (QED) is 0.850. The van der Waals surface area contributed by atoms with Crippen LogP contribution in [0.2, 0.25) is 0 Å². The van der Waals surface area contributed by atoms with Crippen LogP contribution in [0.5, 0.6) is 0 Å². The Bertz CT molecular complexity index is 355. The number of rotatable bonds is 3. The fourth-order valence-electron chi connectivity index (χ4n) is 2.11. The Kier molecular flexibility index (Phi) is 5.39. The summed E-state index contributed by atoms with van der Waals surface area (Å²) in [6.45, 7) is 6.27. The molecule has 1 saturated heterocycles. The Labute approximate surface area is 108 Å². The number of aromatic nitrogens is 2. The van der Waals surface area contributed by atoms with E-state index < -0.39 is 0 Å². The highest BCUT2D eigenvalue weighted by molar-refractivity contribution is 5.85. The molecule has 2 rings (SSSR count). The Balaban J connectivity index is 0.00000144. The molecule has 0 aromatic carbocycles. The summed E-state index contributed by atoms with van der Waals surface area (Å²) in [7, 11) is 1.96. The van der Waals surface area contributed by atoms with Crippen LogP contribution in [-0.4, -0.2) is 47.0 Å². The summed E-state index contributed by atoms with van der Waals surface area (Å²) in [5, 5.41) is 4.35. The van der Waals surface area contributed by atoms with Crippen molar-refractivity contribution in [1.29, 1.82) is 0 Å². The van der Waals surface area contributed by atoms with Gasteiger partial charge in [0.05, 0.1) is 18.4 Å². The van der Waals surface area contributed by atoms with E-state index in [1.54, 1.807) is 0 Å². The molecule has 0 saturated carbocycles. The molecule has 2 N–H and O–H groups in total. The standard InChI is InChI=1S/C11H20N4O.ClH/c1-9-10(6-14(2)13-9)7-15-3-4-16-11(5-12)8-15;/h6,11H,3-5,7-8,12H2,1-2H3;1H. The minimum atomic E-state index is 0. The van der Waals surface area contributed by atoms with Crippen LogP contribution >= 0.6 is 12.4 Å². The molecule has 2 heterocycles. The van der Waals surface area contributed by atoms with E-state index in [1.807, 2.05) is 11.7 Å². The third-order valence-corrected chi connectivity index (χ3v) is 2.99. The van der Waals surface area contributed by atoms with E-state index in [-0.39, 0.29) is 18.5 Å². The van der Waals surface area contributed by atoms with Gasteiger partial charge in [0.2, 0.25) is 0 Å². The van der Waals surface area contributed by atoms with Gasteiger partial charge in [-0.25, -0.2) is 0 Å². The lowest BCUT2D eigenvalue weighted by atomic mass is 10.2. The molecule has 6 heteroatoms. The maximum absolute atomic E-state index is 5.62. The lowest BCUT2D eigenvalue weighted by Gasteiger charge is -2.32. The fourth-order valence-corrected chi connectivity index (χ4v) is 2.11. The van der Waals surface area contributed by atoms with Crippen LogP contribution in [0.1, 0.15) is 11.3 Å². The zero-order chi connectivity index (χ0) is 11.5. The molecule has 1 unspecified atom stereocenters. The molecule has 1 aliphatic heterocycles. The summed E-state index contributed by atoms with van der Waals surface area (Å²) in [5.41, 5.74) is 8.03. The van der Waals surface area contributed by atoms with Gasteiger partial charge in [-0.2, -0.15) is 5.10 Å². The first-order valence-electron chi connectivity index (χ1n) is 5.72. The van der Waals surface area contributed by atoms with Gasteiger partial charge in [-0.05, 0) is 6.92 Å². The summed E-state index contributed by atoms with van der Waals surface area (Å²) >= 11 is 0. The van der Waals surface area contributed by atoms with E-state index in [1.165, 1.54) is 5.56 Å². The van der Waals surface area contributed by atoms with Crippen molar-refractivity contribution in [2.45, 2.75) is 19.6 Å². The summed E-state index contributed by atoms with van der Waals surface area (Å²) in [5.74, 6) is 0. The average Bonchev–Trinajstić information content (AvgIpc) is 2.58. The highest BCUT2D eigenvalue weighted by atomic mass is 35.5. The summed E-state index contributed by atoms with van der Waals surface area (Å²) in [6.07, 6.45) is 2.27. The van der Waals surface area contributed by atoms with Crippen LogP contribution in [0, 0.1) is 6.92 Å². The van der Waals surface area contributed by atoms with Crippen molar-refractivity contribution in [1.82, 2.24) is 14.7 Å². The lowest BCUT2D eigenvalue weighted by molar-refractivity contribution is -0.0261. The number of aryl methyl sites for hydroxylation is 2. The number of morpholine rings is 1. The SMILES string of the molecule is Cc1nn(C)cc1CN1CCOC(CN)C1.Cl. The first-order chi connectivity index (χ1) is 7.69. The minimum absolute atomic E-state index is 0. The van der Waals surface area contributed by atoms with Crippen molar-refractivity contribution in [2.24, 2.45) is 12.8 Å². The molecule has 1 atom stereocenters. The number of hydrogen-bond acceptors (Lipinski definition) is 4. The maximum Gasteiger partial charge on any atom is 0.0824 e. The average molecular weight is 261 g/mol. The molecule has 0 bridgehead atoms. The van der Waals surface area contributed by atoms with Gasteiger partial charge in [-0.1, -0.05) is 0 Å². The fraction of sp³-hybridized carbons (Fsp3) is 0.727. The number of halogens is 1. The minimum Gasteiger partial charge on any atom is -0.374 e. The van der Waals surface area contributed by atoms with E-state index in [9.17, 15) is 0 Å². The van der Waals surface area contributed by atoms with Crippen molar-refractivity contribution in [3.8, 4) is 0 Å². The molecular formula is C11H21ClN4O. The van der Waals surface area contributed by atoms with Gasteiger partial charge in [-0.3, -0.25) is 9.58 Å². The smallest absolute Gasteiger partial charge is 0.0824 e. The molecular weight excluding hydrogens is 240 g/mol. The number of ether oxygens (including phenoxy) is 1. The van der Waals surface area contributed by atoms with Crippen molar-refractivity contribution >= 4 is 12.4 Å². The van der Waals surface area contributed by atoms with Crippen molar-refractivity contribution < 1.29 is 4.74 Å². The Morgan fingerprint density at radius 2 is 2.35 bits per heavy atom. The van der Waals surface area contributed by atoms with E-state index in [0.717, 1.165) is 31.9 Å². The van der Waals surface area contributed by atoms with Crippen LogP contribution in [0.3, 0.4) is 0 Å². The number of hydrogen-bond donors (Lipinski definition) is 1. The van der Waals surface area contributed by atoms with E-state index in [0.29, 0.717) is 6.54 Å². The second-order valence-electron chi connectivity index (χ2n) is 4.38. The van der Waals surface area contributed by atoms with Gasteiger partial charge in [0.15, 0.2) is 0 Å². The van der Waals surface area contributed by atoms with Gasteiger partial charge in [0, 0.05) is 45.0 Å². The summed E-state index contributed by atoms with van der Waals surface area (Å²) in [6, 6.07) is 0. The molecule has 98 valence electrons. The van der Waals surface area contributed by atoms with Gasteiger partial charge >= 0.3 is 0 Å². The first-order valence-corrected chi connectivity index (χ1v) is 5.72. The molecule has 1 aliphatic rings. The monoisotopic (exact) mass is 260 g/mol. The van der Waals surface area contributed by atoms with Gasteiger partial charge in [0.25, 0.3) is 0 Å². The molecule has 17 heavy (non-hydrogen) atoms. The topological polar surface area (TPSA) is 56.3 Å². The number of nitrogens with two attached hydrogens (primary N) is 1. The lowest BCUT2D eigenvalue weighted by Crippen LogP contribution is -2.45. The molecule has 1 aromatic rings. The largest absolute Gasteiger partial charge is 0.374 e. The maximum atomic E-state index is 5.62. The third kappa shape index (κ3) is 3.67. The van der Waals surface area contributed by atoms with E-state index >= 15 is 0 Å². The Morgan fingerprint density at radius 1 is 1.59 bits per heavy atom. The summed E-state index contributed by atoms with van der Waals surface area (Å²) in [4.78, 5) is 2.38. The second kappa shape index (κ2) is 6.35. The highest BCUT2D eigenvalue weighted by Gasteiger charge is 2.20. The Morgan fingerprint density at radius 3 is 2.94 bits per heavy atom. The summed E-state index contributed by atoms with van der Waals surface area (Å²) < 4.78 is 7.41. The van der Waals surface area contributed by atoms with Crippen LogP contribution < -0.4 is 5.73 Å². The van der Waals surface area contributed by atoms with Gasteiger partial charge in [-0.15, -0.1) is 12.4 Å². The molecule has 0 aliphatic carbocycles. The predicted molar refractivity (Wildman–Crippen MR) is 69.3 cm³/mol. The van der Waals surface area contributed by atoms with Crippen LogP contribution in [0.4, 0.5) is 0 Å². The van der Waals surface area contributed by atoms with Gasteiger partial charge in [0.1, 0.15) is 0 Å². The number of nitrogens with zero attached hydrogens (tertiary/aromatic N) is 3. The Hall–Kier alpha value is -0.620. The van der Waals surface area contributed by atoms with Gasteiger partial charge < -0.3 is 10.5 Å². The van der Waals surface area contributed by atoms with Crippen molar-refractivity contribution in [3.05, 3.63) is 17.5 Å². The van der Waals surface area contributed by atoms with E-state index in [4.69, 9.17) is 10.5 Å². The zero-order valence-corrected chi connectivity index (χ0v) is 11.2. The van der Waals surface area contributed by atoms with Crippen molar-refractivity contribution in [2.75, 3.05) is 26.2 Å². The second-order valence-corrected chi connectivity index (χ2v) is 4.38. The molecule has 0 radical (unpaired) electrons. The van der Waals surface area contributed by atoms with Crippen molar-refractivity contribution in [3.63, 3.8) is 0 Å². The molecule has 1 fully saturated rings. The molecule has 0 amide bonds. The molecule has 5 nitrogen and oxygen atoms in total. The zero-order valence-electron chi connectivity index (χ0n) is 10.4. The van der Waals surface area contributed by atoms with Crippen LogP contribution in [-0.2, 0) is 18.3 Å². The normalized spacial score (nSPS) is 21.2. The first kappa shape index (κ1) is 14.4. The highest BCUT2D eigenvalue weighted by Crippen LogP contribution is 2.12. The van der Waals surface area contributed by atoms with E-state index in [2.05, 4.69) is 23.1 Å². The predicted octanol–water partition coefficient (Wildman–Crippen LogP) is 0.310.